The van der Waals surface area contributed by atoms with E-state index in [9.17, 15) is 28.0 Å². The van der Waals surface area contributed by atoms with Gasteiger partial charge in [0.2, 0.25) is 6.23 Å². The van der Waals surface area contributed by atoms with Gasteiger partial charge in [-0.1, -0.05) is 18.2 Å². The maximum Gasteiger partial charge on any atom is 0.459 e. The van der Waals surface area contributed by atoms with Crippen LogP contribution in [-0.4, -0.2) is 57.5 Å². The second kappa shape index (κ2) is 11.0. The van der Waals surface area contributed by atoms with Crippen LogP contribution in [0.25, 0.3) is 0 Å². The average Bonchev–Trinajstić information content (AvgIpc) is 3.01. The van der Waals surface area contributed by atoms with Crippen molar-refractivity contribution < 1.29 is 41.8 Å². The molecule has 1 saturated heterocycles. The van der Waals surface area contributed by atoms with E-state index in [1.54, 1.807) is 32.0 Å². The molecule has 2 aromatic rings. The molecule has 1 aromatic heterocycles. The smallest absolute Gasteiger partial charge is 0.459 e. The summed E-state index contributed by atoms with van der Waals surface area (Å²) in [6.07, 6.45) is -5.91. The van der Waals surface area contributed by atoms with Gasteiger partial charge in [0.05, 0.1) is 12.7 Å². The summed E-state index contributed by atoms with van der Waals surface area (Å²) in [5.41, 5.74) is 4.27. The molecule has 0 radical (unpaired) electrons. The van der Waals surface area contributed by atoms with Crippen LogP contribution < -0.4 is 21.0 Å². The lowest BCUT2D eigenvalue weighted by molar-refractivity contribution is -0.149. The number of aliphatic hydroxyl groups is 1. The van der Waals surface area contributed by atoms with E-state index in [4.69, 9.17) is 24.3 Å². The van der Waals surface area contributed by atoms with Gasteiger partial charge in [0.1, 0.15) is 23.7 Å². The number of hydrogen-bond acceptors (Lipinski definition) is 10. The van der Waals surface area contributed by atoms with Crippen molar-refractivity contribution in [2.45, 2.75) is 57.3 Å². The number of nitrogens with one attached hydrogen (secondary N) is 1. The quantitative estimate of drug-likeness (QED) is 0.302. The van der Waals surface area contributed by atoms with Crippen LogP contribution >= 0.6 is 7.75 Å². The molecule has 36 heavy (non-hydrogen) atoms. The van der Waals surface area contributed by atoms with Crippen molar-refractivity contribution in [3.8, 4) is 5.75 Å². The van der Waals surface area contributed by atoms with E-state index >= 15 is 0 Å². The molecule has 0 aliphatic carbocycles. The molecule has 0 amide bonds. The van der Waals surface area contributed by atoms with Gasteiger partial charge >= 0.3 is 25.3 Å². The summed E-state index contributed by atoms with van der Waals surface area (Å²) in [5.74, 6) is -4.80. The molecule has 198 valence electrons. The summed E-state index contributed by atoms with van der Waals surface area (Å²) in [5, 5.41) is 12.6. The van der Waals surface area contributed by atoms with Crippen LogP contribution in [0, 0.1) is 0 Å². The van der Waals surface area contributed by atoms with Gasteiger partial charge in [0.25, 0.3) is 0 Å². The van der Waals surface area contributed by atoms with Crippen molar-refractivity contribution in [1.29, 1.82) is 0 Å². The standard InChI is InChI=1S/C21H27F2N4O8P/c1-12(2)33-18(29)13(3)26-36(31,35-14-7-5-4-6-8-14)32-11-15-17(28)21(22,23)19(34-15)27-10-9-16(24)25-20(27)30/h4-10,12-13,15,17,19,28H,11H2,1-3H3,(H,26,31)(H2,24,25,30)/t13-,15+,17+,19?,36?/m0/s1. The minimum Gasteiger partial charge on any atom is -0.462 e. The Labute approximate surface area is 204 Å². The lowest BCUT2D eigenvalue weighted by Gasteiger charge is -2.25. The van der Waals surface area contributed by atoms with E-state index in [0.717, 1.165) is 12.3 Å². The van der Waals surface area contributed by atoms with Crippen molar-refractivity contribution in [2.75, 3.05) is 12.3 Å². The monoisotopic (exact) mass is 532 g/mol. The van der Waals surface area contributed by atoms with Crippen molar-refractivity contribution >= 4 is 19.5 Å². The van der Waals surface area contributed by atoms with Crippen LogP contribution in [-0.2, 0) is 23.4 Å². The van der Waals surface area contributed by atoms with Crippen molar-refractivity contribution in [3.05, 3.63) is 53.1 Å². The van der Waals surface area contributed by atoms with Gasteiger partial charge in [-0.05, 0) is 39.0 Å². The number of carbonyl (C=O) groups excluding carboxylic acids is 1. The van der Waals surface area contributed by atoms with E-state index in [-0.39, 0.29) is 11.6 Å². The van der Waals surface area contributed by atoms with Gasteiger partial charge < -0.3 is 24.8 Å². The molecule has 5 atom stereocenters. The number of rotatable bonds is 10. The Morgan fingerprint density at radius 2 is 1.97 bits per heavy atom. The highest BCUT2D eigenvalue weighted by Crippen LogP contribution is 2.48. The van der Waals surface area contributed by atoms with Crippen LogP contribution in [0.3, 0.4) is 0 Å². The molecule has 0 saturated carbocycles. The average molecular weight is 532 g/mol. The number of hydrogen-bond donors (Lipinski definition) is 3. The summed E-state index contributed by atoms with van der Waals surface area (Å²) in [7, 11) is -4.41. The zero-order valence-electron chi connectivity index (χ0n) is 19.6. The zero-order chi connectivity index (χ0) is 26.7. The third-order valence-electron chi connectivity index (χ3n) is 4.92. The Kier molecular flexibility index (Phi) is 8.47. The minimum absolute atomic E-state index is 0.0911. The van der Waals surface area contributed by atoms with Gasteiger partial charge in [-0.25, -0.2) is 9.36 Å². The SMILES string of the molecule is CC(C)OC(=O)[C@H](C)NP(=O)(OC[C@H]1OC(n2ccc(N)nc2=O)C(F)(F)[C@@H]1O)Oc1ccccc1. The highest BCUT2D eigenvalue weighted by molar-refractivity contribution is 7.52. The second-order valence-corrected chi connectivity index (χ2v) is 9.92. The zero-order valence-corrected chi connectivity index (χ0v) is 20.5. The summed E-state index contributed by atoms with van der Waals surface area (Å²) in [6, 6.07) is 7.70. The normalized spacial score (nSPS) is 23.7. The van der Waals surface area contributed by atoms with Gasteiger partial charge in [-0.15, -0.1) is 0 Å². The maximum absolute atomic E-state index is 14.8. The number of aromatic nitrogens is 2. The molecule has 0 spiro atoms. The second-order valence-electron chi connectivity index (χ2n) is 8.22. The molecule has 1 aromatic carbocycles. The maximum atomic E-state index is 14.8. The number of halogens is 2. The number of esters is 1. The first-order valence-corrected chi connectivity index (χ1v) is 12.4. The molecule has 1 aliphatic rings. The Morgan fingerprint density at radius 3 is 2.58 bits per heavy atom. The lowest BCUT2D eigenvalue weighted by atomic mass is 10.1. The fourth-order valence-corrected chi connectivity index (χ4v) is 4.72. The van der Waals surface area contributed by atoms with Gasteiger partial charge in [0, 0.05) is 6.20 Å². The number of alkyl halides is 2. The Hall–Kier alpha value is -2.90. The van der Waals surface area contributed by atoms with Crippen molar-refractivity contribution in [3.63, 3.8) is 0 Å². The topological polar surface area (TPSA) is 164 Å². The Balaban J connectivity index is 1.79. The van der Waals surface area contributed by atoms with E-state index in [0.29, 0.717) is 4.57 Å². The fraction of sp³-hybridized carbons (Fsp3) is 0.476. The molecule has 12 nitrogen and oxygen atoms in total. The lowest BCUT2D eigenvalue weighted by Crippen LogP contribution is -2.42. The molecule has 4 N–H and O–H groups in total. The first kappa shape index (κ1) is 27.7. The number of nitrogens with zero attached hydrogens (tertiary/aromatic N) is 2. The van der Waals surface area contributed by atoms with Crippen LogP contribution in [0.1, 0.15) is 27.0 Å². The van der Waals surface area contributed by atoms with E-state index in [1.165, 1.54) is 19.1 Å². The van der Waals surface area contributed by atoms with Gasteiger partial charge in [-0.2, -0.15) is 18.9 Å². The minimum atomic E-state index is -4.41. The summed E-state index contributed by atoms with van der Waals surface area (Å²) in [6.45, 7) is 3.74. The summed E-state index contributed by atoms with van der Waals surface area (Å²) in [4.78, 5) is 27.6. The molecular weight excluding hydrogens is 505 g/mol. The van der Waals surface area contributed by atoms with Crippen molar-refractivity contribution in [2.24, 2.45) is 0 Å². The highest BCUT2D eigenvalue weighted by atomic mass is 31.2. The fourth-order valence-electron chi connectivity index (χ4n) is 3.22. The Morgan fingerprint density at radius 1 is 1.31 bits per heavy atom. The predicted octanol–water partition coefficient (Wildman–Crippen LogP) is 1.85. The number of ether oxygens (including phenoxy) is 2. The number of anilines is 1. The van der Waals surface area contributed by atoms with E-state index in [2.05, 4.69) is 10.1 Å². The molecule has 2 unspecified atom stereocenters. The number of para-hydroxylation sites is 1. The molecule has 3 rings (SSSR count). The third-order valence-corrected chi connectivity index (χ3v) is 6.56. The summed E-state index contributed by atoms with van der Waals surface area (Å²) >= 11 is 0. The largest absolute Gasteiger partial charge is 0.462 e. The van der Waals surface area contributed by atoms with Crippen LogP contribution in [0.4, 0.5) is 14.6 Å². The molecule has 1 aliphatic heterocycles. The van der Waals surface area contributed by atoms with Gasteiger partial charge in [0.15, 0.2) is 6.10 Å². The highest BCUT2D eigenvalue weighted by Gasteiger charge is 2.60. The predicted molar refractivity (Wildman–Crippen MR) is 122 cm³/mol. The number of carbonyl (C=O) groups is 1. The molecular formula is C21H27F2N4O8P. The summed E-state index contributed by atoms with van der Waals surface area (Å²) < 4.78 is 64.6. The van der Waals surface area contributed by atoms with Crippen LogP contribution in [0.5, 0.6) is 5.75 Å². The molecule has 1 fully saturated rings. The van der Waals surface area contributed by atoms with E-state index in [1.807, 2.05) is 0 Å². The van der Waals surface area contributed by atoms with Crippen molar-refractivity contribution in [1.82, 2.24) is 14.6 Å². The number of nitrogens with two attached hydrogens (primary N) is 1. The first-order valence-electron chi connectivity index (χ1n) is 10.9. The van der Waals surface area contributed by atoms with Crippen LogP contribution in [0.2, 0.25) is 0 Å². The third kappa shape index (κ3) is 6.45. The van der Waals surface area contributed by atoms with E-state index < -0.39 is 62.5 Å². The number of benzene rings is 1. The molecule has 15 heteroatoms. The molecule has 0 bridgehead atoms. The van der Waals surface area contributed by atoms with Gasteiger partial charge in [-0.3, -0.25) is 13.9 Å². The molecule has 2 heterocycles. The number of aliphatic hydroxyl groups excluding tert-OH is 1. The van der Waals surface area contributed by atoms with Crippen LogP contribution in [0.15, 0.2) is 47.4 Å². The number of nitrogen functional groups attached to an aromatic ring is 1. The Bertz CT molecular complexity index is 1170. The first-order chi connectivity index (χ1) is 16.8.